The Bertz CT molecular complexity index is 423. The Kier molecular flexibility index (Phi) is 4.59. The van der Waals surface area contributed by atoms with Gasteiger partial charge >= 0.3 is 0 Å². The van der Waals surface area contributed by atoms with Crippen LogP contribution in [-0.2, 0) is 11.2 Å². The molecule has 0 aromatic heterocycles. The average Bonchev–Trinajstić information content (AvgIpc) is 3.23. The number of nitrogens with zero attached hydrogens (tertiary/aromatic N) is 1. The molecule has 1 aromatic rings. The van der Waals surface area contributed by atoms with Gasteiger partial charge in [-0.15, -0.1) is 0 Å². The van der Waals surface area contributed by atoms with E-state index in [1.807, 2.05) is 11.9 Å². The second-order valence-electron chi connectivity index (χ2n) is 5.63. The summed E-state index contributed by atoms with van der Waals surface area (Å²) in [5.74, 6) is 0.848. The van der Waals surface area contributed by atoms with E-state index in [0.29, 0.717) is 18.9 Å². The summed E-state index contributed by atoms with van der Waals surface area (Å²) in [7, 11) is 1.90. The van der Waals surface area contributed by atoms with Gasteiger partial charge in [0.05, 0.1) is 0 Å². The van der Waals surface area contributed by atoms with E-state index in [9.17, 15) is 4.79 Å². The molecule has 0 spiro atoms. The number of hydrogen-bond donors (Lipinski definition) is 1. The van der Waals surface area contributed by atoms with Crippen LogP contribution in [0.5, 0.6) is 0 Å². The largest absolute Gasteiger partial charge is 0.341 e. The molecule has 1 aliphatic carbocycles. The van der Waals surface area contributed by atoms with Gasteiger partial charge < -0.3 is 10.6 Å². The quantitative estimate of drug-likeness (QED) is 0.851. The predicted octanol–water partition coefficient (Wildman–Crippen LogP) is 2.12. The van der Waals surface area contributed by atoms with Crippen LogP contribution in [0.2, 0.25) is 0 Å². The zero-order chi connectivity index (χ0) is 13.8. The van der Waals surface area contributed by atoms with Crippen molar-refractivity contribution in [2.45, 2.75) is 38.6 Å². The van der Waals surface area contributed by atoms with E-state index in [0.717, 1.165) is 6.42 Å². The Hall–Kier alpha value is -1.35. The van der Waals surface area contributed by atoms with Crippen molar-refractivity contribution in [2.75, 3.05) is 13.6 Å². The predicted molar refractivity (Wildman–Crippen MR) is 77.8 cm³/mol. The molecule has 1 unspecified atom stereocenters. The number of carbonyl (C=O) groups is 1. The molecule has 1 saturated carbocycles. The standard InChI is InChI=1S/C16H24N2O/c1-12-3-5-13(6-4-12)7-10-16(19)18(2)15(11-17)14-8-9-14/h3-6,14-15H,7-11,17H2,1-2H3. The summed E-state index contributed by atoms with van der Waals surface area (Å²) < 4.78 is 0. The summed E-state index contributed by atoms with van der Waals surface area (Å²) >= 11 is 0. The van der Waals surface area contributed by atoms with Gasteiger partial charge in [-0.3, -0.25) is 4.79 Å². The van der Waals surface area contributed by atoms with E-state index >= 15 is 0 Å². The molecule has 1 atom stereocenters. The molecule has 1 fully saturated rings. The van der Waals surface area contributed by atoms with Crippen molar-refractivity contribution < 1.29 is 4.79 Å². The van der Waals surface area contributed by atoms with Crippen molar-refractivity contribution >= 4 is 5.91 Å². The fraction of sp³-hybridized carbons (Fsp3) is 0.562. The van der Waals surface area contributed by atoms with E-state index in [2.05, 4.69) is 31.2 Å². The number of benzene rings is 1. The molecule has 0 radical (unpaired) electrons. The average molecular weight is 260 g/mol. The molecule has 19 heavy (non-hydrogen) atoms. The summed E-state index contributed by atoms with van der Waals surface area (Å²) in [6, 6.07) is 8.63. The number of aryl methyl sites for hydroxylation is 2. The number of carbonyl (C=O) groups excluding carboxylic acids is 1. The van der Waals surface area contributed by atoms with Crippen LogP contribution in [0.25, 0.3) is 0 Å². The van der Waals surface area contributed by atoms with Gasteiger partial charge in [-0.25, -0.2) is 0 Å². The van der Waals surface area contributed by atoms with E-state index in [4.69, 9.17) is 5.73 Å². The SMILES string of the molecule is Cc1ccc(CCC(=O)N(C)C(CN)C2CC2)cc1. The Morgan fingerprint density at radius 1 is 1.37 bits per heavy atom. The molecule has 0 bridgehead atoms. The van der Waals surface area contributed by atoms with E-state index in [-0.39, 0.29) is 11.9 Å². The lowest BCUT2D eigenvalue weighted by atomic mass is 10.1. The first-order valence-corrected chi connectivity index (χ1v) is 7.13. The van der Waals surface area contributed by atoms with E-state index in [1.54, 1.807) is 0 Å². The molecule has 2 rings (SSSR count). The van der Waals surface area contributed by atoms with Crippen LogP contribution in [-0.4, -0.2) is 30.4 Å². The zero-order valence-electron chi connectivity index (χ0n) is 11.9. The molecule has 1 amide bonds. The van der Waals surface area contributed by atoms with Crippen molar-refractivity contribution in [3.8, 4) is 0 Å². The molecule has 0 saturated heterocycles. The number of rotatable bonds is 6. The van der Waals surface area contributed by atoms with Crippen LogP contribution in [0.1, 0.15) is 30.4 Å². The molecule has 3 heteroatoms. The lowest BCUT2D eigenvalue weighted by Crippen LogP contribution is -2.43. The highest BCUT2D eigenvalue weighted by Crippen LogP contribution is 2.34. The minimum absolute atomic E-state index is 0.211. The maximum absolute atomic E-state index is 12.2. The fourth-order valence-corrected chi connectivity index (χ4v) is 2.52. The van der Waals surface area contributed by atoms with Crippen molar-refractivity contribution in [3.63, 3.8) is 0 Å². The summed E-state index contributed by atoms with van der Waals surface area (Å²) in [5.41, 5.74) is 8.26. The summed E-state index contributed by atoms with van der Waals surface area (Å²) in [5, 5.41) is 0. The Balaban J connectivity index is 1.84. The maximum atomic E-state index is 12.2. The van der Waals surface area contributed by atoms with Crippen LogP contribution in [0.15, 0.2) is 24.3 Å². The van der Waals surface area contributed by atoms with Crippen molar-refractivity contribution in [2.24, 2.45) is 11.7 Å². The highest BCUT2D eigenvalue weighted by atomic mass is 16.2. The minimum atomic E-state index is 0.211. The van der Waals surface area contributed by atoms with Gasteiger partial charge in [0.15, 0.2) is 0 Å². The van der Waals surface area contributed by atoms with Crippen molar-refractivity contribution in [3.05, 3.63) is 35.4 Å². The molecule has 1 aromatic carbocycles. The first kappa shape index (κ1) is 14.1. The smallest absolute Gasteiger partial charge is 0.222 e. The van der Waals surface area contributed by atoms with Gasteiger partial charge in [0, 0.05) is 26.1 Å². The topological polar surface area (TPSA) is 46.3 Å². The molecule has 2 N–H and O–H groups in total. The first-order valence-electron chi connectivity index (χ1n) is 7.13. The highest BCUT2D eigenvalue weighted by molar-refractivity contribution is 5.76. The highest BCUT2D eigenvalue weighted by Gasteiger charge is 2.34. The van der Waals surface area contributed by atoms with Gasteiger partial charge in [0.25, 0.3) is 0 Å². The lowest BCUT2D eigenvalue weighted by Gasteiger charge is -2.27. The summed E-state index contributed by atoms with van der Waals surface area (Å²) in [4.78, 5) is 14.1. The maximum Gasteiger partial charge on any atom is 0.222 e. The van der Waals surface area contributed by atoms with Gasteiger partial charge in [0.2, 0.25) is 5.91 Å². The summed E-state index contributed by atoms with van der Waals surface area (Å²) in [6.07, 6.45) is 3.82. The van der Waals surface area contributed by atoms with E-state index < -0.39 is 0 Å². The third-order valence-corrected chi connectivity index (χ3v) is 4.05. The Labute approximate surface area is 115 Å². The molecule has 1 aliphatic rings. The van der Waals surface area contributed by atoms with Crippen LogP contribution >= 0.6 is 0 Å². The van der Waals surface area contributed by atoms with Gasteiger partial charge in [-0.1, -0.05) is 29.8 Å². The molecular weight excluding hydrogens is 236 g/mol. The molecule has 3 nitrogen and oxygen atoms in total. The van der Waals surface area contributed by atoms with E-state index in [1.165, 1.54) is 24.0 Å². The fourth-order valence-electron chi connectivity index (χ4n) is 2.52. The second kappa shape index (κ2) is 6.20. The number of nitrogens with two attached hydrogens (primary N) is 1. The number of likely N-dealkylation sites (N-methyl/N-ethyl adjacent to an activating group) is 1. The number of hydrogen-bond acceptors (Lipinski definition) is 2. The molecular formula is C16H24N2O. The summed E-state index contributed by atoms with van der Waals surface area (Å²) in [6.45, 7) is 2.65. The number of amides is 1. The van der Waals surface area contributed by atoms with Gasteiger partial charge in [0.1, 0.15) is 0 Å². The zero-order valence-corrected chi connectivity index (χ0v) is 11.9. The third-order valence-electron chi connectivity index (χ3n) is 4.05. The van der Waals surface area contributed by atoms with Crippen molar-refractivity contribution in [1.82, 2.24) is 4.90 Å². The third kappa shape index (κ3) is 3.80. The van der Waals surface area contributed by atoms with Gasteiger partial charge in [-0.05, 0) is 37.7 Å². The molecule has 0 aliphatic heterocycles. The monoisotopic (exact) mass is 260 g/mol. The van der Waals surface area contributed by atoms with Crippen LogP contribution in [0, 0.1) is 12.8 Å². The van der Waals surface area contributed by atoms with Crippen LogP contribution in [0.3, 0.4) is 0 Å². The molecule has 104 valence electrons. The minimum Gasteiger partial charge on any atom is -0.341 e. The lowest BCUT2D eigenvalue weighted by molar-refractivity contribution is -0.132. The van der Waals surface area contributed by atoms with Crippen molar-refractivity contribution in [1.29, 1.82) is 0 Å². The van der Waals surface area contributed by atoms with Gasteiger partial charge in [-0.2, -0.15) is 0 Å². The molecule has 0 heterocycles. The van der Waals surface area contributed by atoms with Crippen LogP contribution in [0.4, 0.5) is 0 Å². The Morgan fingerprint density at radius 3 is 2.53 bits per heavy atom. The normalized spacial score (nSPS) is 16.2. The van der Waals surface area contributed by atoms with Crippen LogP contribution < -0.4 is 5.73 Å². The first-order chi connectivity index (χ1) is 9.11. The second-order valence-corrected chi connectivity index (χ2v) is 5.63. The Morgan fingerprint density at radius 2 is 2.00 bits per heavy atom.